The van der Waals surface area contributed by atoms with Crippen molar-refractivity contribution in [1.82, 2.24) is 4.98 Å². The number of aromatic nitrogens is 1. The lowest BCUT2D eigenvalue weighted by atomic mass is 9.74. The molecule has 1 fully saturated rings. The molecule has 0 amide bonds. The van der Waals surface area contributed by atoms with Crippen LogP contribution in [0.1, 0.15) is 41.6 Å². The number of ether oxygens (including phenoxy) is 1. The molecule has 1 aromatic carbocycles. The Morgan fingerprint density at radius 3 is 2.85 bits per heavy atom. The largest absolute Gasteiger partial charge is 0.392 e. The third-order valence-corrected chi connectivity index (χ3v) is 5.84. The molecule has 1 saturated heterocycles. The zero-order valence-electron chi connectivity index (χ0n) is 14.5. The van der Waals surface area contributed by atoms with Gasteiger partial charge in [0.2, 0.25) is 0 Å². The van der Waals surface area contributed by atoms with Crippen molar-refractivity contribution >= 4 is 17.4 Å². The van der Waals surface area contributed by atoms with Gasteiger partial charge >= 0.3 is 0 Å². The maximum absolute atomic E-state index is 15.8. The van der Waals surface area contributed by atoms with Crippen LogP contribution in [-0.4, -0.2) is 22.5 Å². The van der Waals surface area contributed by atoms with Crippen LogP contribution in [0, 0.1) is 5.82 Å². The molecule has 1 aliphatic heterocycles. The number of halogens is 3. The minimum Gasteiger partial charge on any atom is -0.392 e. The lowest BCUT2D eigenvalue weighted by molar-refractivity contribution is -0.132. The number of fused-ring (bicyclic) bond motifs is 2. The predicted octanol–water partition coefficient (Wildman–Crippen LogP) is 3.75. The van der Waals surface area contributed by atoms with E-state index in [9.17, 15) is 14.3 Å². The second-order valence-electron chi connectivity index (χ2n) is 7.09. The minimum absolute atomic E-state index is 0.0362. The second kappa shape index (κ2) is 6.62. The van der Waals surface area contributed by atoms with Crippen LogP contribution >= 0.6 is 11.6 Å². The normalized spacial score (nSPS) is 26.1. The number of carbonyl (C=O) groups is 1. The summed E-state index contributed by atoms with van der Waals surface area (Å²) in [6.07, 6.45) is 2.02. The van der Waals surface area contributed by atoms with Crippen LogP contribution in [0.4, 0.5) is 8.78 Å². The first-order chi connectivity index (χ1) is 12.9. The van der Waals surface area contributed by atoms with Gasteiger partial charge in [-0.05, 0) is 48.6 Å². The van der Waals surface area contributed by atoms with Gasteiger partial charge in [-0.25, -0.2) is 8.78 Å². The molecular formula is C20H18ClF2NO3. The molecule has 1 spiro atoms. The number of epoxide rings is 1. The fourth-order valence-corrected chi connectivity index (χ4v) is 4.21. The number of carbonyl (C=O) groups excluding carboxylic acids is 1. The third-order valence-electron chi connectivity index (χ3n) is 5.50. The van der Waals surface area contributed by atoms with E-state index in [1.54, 1.807) is 18.3 Å². The summed E-state index contributed by atoms with van der Waals surface area (Å²) in [5.74, 6) is -1.14. The van der Waals surface area contributed by atoms with E-state index < -0.39 is 29.5 Å². The molecule has 0 saturated carbocycles. The fraction of sp³-hybridized carbons (Fsp3) is 0.400. The van der Waals surface area contributed by atoms with E-state index in [0.29, 0.717) is 29.8 Å². The molecule has 2 atom stereocenters. The molecule has 7 heteroatoms. The van der Waals surface area contributed by atoms with Gasteiger partial charge in [0.05, 0.1) is 18.9 Å². The molecule has 0 bridgehead atoms. The Balaban J connectivity index is 1.59. The van der Waals surface area contributed by atoms with Crippen LogP contribution in [0.3, 0.4) is 0 Å². The van der Waals surface area contributed by atoms with Crippen molar-refractivity contribution < 1.29 is 23.4 Å². The van der Waals surface area contributed by atoms with Gasteiger partial charge < -0.3 is 9.84 Å². The Labute approximate surface area is 160 Å². The first-order valence-electron chi connectivity index (χ1n) is 8.79. The molecule has 0 unspecified atom stereocenters. The van der Waals surface area contributed by atoms with Gasteiger partial charge in [0.15, 0.2) is 11.5 Å². The molecule has 2 aromatic rings. The summed E-state index contributed by atoms with van der Waals surface area (Å²) >= 11 is 6.06. The minimum atomic E-state index is -2.13. The Kier molecular flexibility index (Phi) is 4.53. The third kappa shape index (κ3) is 3.06. The molecule has 0 radical (unpaired) electrons. The van der Waals surface area contributed by atoms with Gasteiger partial charge in [0, 0.05) is 23.2 Å². The SMILES string of the molecule is O=C(CCc1c(Cl)cc(F)cc1CO)[C@]1(F)CC[C@@]2(CO2)c2ncccc21. The topological polar surface area (TPSA) is 62.7 Å². The van der Waals surface area contributed by atoms with Gasteiger partial charge in [-0.3, -0.25) is 9.78 Å². The number of aliphatic hydroxyl groups is 1. The van der Waals surface area contributed by atoms with Crippen molar-refractivity contribution in [3.05, 3.63) is 63.7 Å². The molecule has 1 aromatic heterocycles. The number of ketones is 1. The number of nitrogens with zero attached hydrogens (tertiary/aromatic N) is 1. The van der Waals surface area contributed by atoms with E-state index in [4.69, 9.17) is 16.3 Å². The van der Waals surface area contributed by atoms with Crippen molar-refractivity contribution in [1.29, 1.82) is 0 Å². The number of rotatable bonds is 5. The summed E-state index contributed by atoms with van der Waals surface area (Å²) in [4.78, 5) is 17.1. The highest BCUT2D eigenvalue weighted by Gasteiger charge is 2.58. The maximum atomic E-state index is 15.8. The zero-order valence-corrected chi connectivity index (χ0v) is 15.2. The lowest BCUT2D eigenvalue weighted by Gasteiger charge is -2.33. The van der Waals surface area contributed by atoms with Crippen LogP contribution in [0.2, 0.25) is 5.02 Å². The maximum Gasteiger partial charge on any atom is 0.195 e. The number of pyridine rings is 1. The molecule has 1 aliphatic carbocycles. The summed E-state index contributed by atoms with van der Waals surface area (Å²) in [5, 5.41) is 9.54. The molecule has 142 valence electrons. The monoisotopic (exact) mass is 393 g/mol. The number of hydrogen-bond donors (Lipinski definition) is 1. The Hall–Kier alpha value is -1.89. The molecule has 1 N–H and O–H groups in total. The van der Waals surface area contributed by atoms with Gasteiger partial charge in [-0.15, -0.1) is 0 Å². The molecule has 2 heterocycles. The fourth-order valence-electron chi connectivity index (χ4n) is 3.89. The number of benzene rings is 1. The number of Topliss-reactive ketones (excluding diaryl/α,β-unsaturated/α-hetero) is 1. The van der Waals surface area contributed by atoms with Crippen LogP contribution in [0.5, 0.6) is 0 Å². The number of alkyl halides is 1. The Bertz CT molecular complexity index is 916. The number of hydrogen-bond acceptors (Lipinski definition) is 4. The van der Waals surface area contributed by atoms with Gasteiger partial charge in [-0.2, -0.15) is 0 Å². The quantitative estimate of drug-likeness (QED) is 0.786. The molecule has 2 aliphatic rings. The Morgan fingerprint density at radius 2 is 2.15 bits per heavy atom. The van der Waals surface area contributed by atoms with E-state index in [-0.39, 0.29) is 29.8 Å². The summed E-state index contributed by atoms with van der Waals surface area (Å²) < 4.78 is 34.7. The van der Waals surface area contributed by atoms with Crippen molar-refractivity contribution in [3.63, 3.8) is 0 Å². The summed E-state index contributed by atoms with van der Waals surface area (Å²) in [5.41, 5.74) is -1.14. The smallest absolute Gasteiger partial charge is 0.195 e. The standard InChI is InChI=1S/C20H18ClF2NO3/c21-16-9-13(22)8-12(10-25)14(16)3-4-17(26)20(23)6-5-19(11-27-19)18-15(20)2-1-7-24-18/h1-2,7-9,25H,3-6,10-11H2/t19-,20+/m1/s1. The van der Waals surface area contributed by atoms with Crippen LogP contribution in [0.25, 0.3) is 0 Å². The zero-order chi connectivity index (χ0) is 19.2. The summed E-state index contributed by atoms with van der Waals surface area (Å²) in [7, 11) is 0. The second-order valence-corrected chi connectivity index (χ2v) is 7.50. The molecule has 4 nitrogen and oxygen atoms in total. The first kappa shape index (κ1) is 18.5. The van der Waals surface area contributed by atoms with E-state index in [0.717, 1.165) is 6.07 Å². The van der Waals surface area contributed by atoms with Crippen LogP contribution in [0.15, 0.2) is 30.5 Å². The highest BCUT2D eigenvalue weighted by Crippen LogP contribution is 2.53. The van der Waals surface area contributed by atoms with E-state index in [1.807, 2.05) is 0 Å². The highest BCUT2D eigenvalue weighted by atomic mass is 35.5. The lowest BCUT2D eigenvalue weighted by Crippen LogP contribution is -2.39. The van der Waals surface area contributed by atoms with E-state index >= 15 is 4.39 Å². The van der Waals surface area contributed by atoms with Crippen molar-refractivity contribution in [2.24, 2.45) is 0 Å². The molecular weight excluding hydrogens is 376 g/mol. The van der Waals surface area contributed by atoms with Gasteiger partial charge in [0.1, 0.15) is 11.4 Å². The molecule has 4 rings (SSSR count). The van der Waals surface area contributed by atoms with E-state index in [2.05, 4.69) is 4.98 Å². The van der Waals surface area contributed by atoms with Crippen molar-refractivity contribution in [2.75, 3.05) is 6.61 Å². The van der Waals surface area contributed by atoms with Crippen LogP contribution in [-0.2, 0) is 33.8 Å². The predicted molar refractivity (Wildman–Crippen MR) is 94.5 cm³/mol. The average molecular weight is 394 g/mol. The van der Waals surface area contributed by atoms with Crippen molar-refractivity contribution in [2.45, 2.75) is 43.6 Å². The van der Waals surface area contributed by atoms with Crippen LogP contribution < -0.4 is 0 Å². The average Bonchev–Trinajstić information content (AvgIpc) is 3.44. The van der Waals surface area contributed by atoms with Gasteiger partial charge in [0.25, 0.3) is 0 Å². The van der Waals surface area contributed by atoms with Gasteiger partial charge in [-0.1, -0.05) is 17.7 Å². The summed E-state index contributed by atoms with van der Waals surface area (Å²) in [6.45, 7) is 0.0840. The Morgan fingerprint density at radius 1 is 1.37 bits per heavy atom. The summed E-state index contributed by atoms with van der Waals surface area (Å²) in [6, 6.07) is 5.50. The van der Waals surface area contributed by atoms with E-state index in [1.165, 1.54) is 6.07 Å². The van der Waals surface area contributed by atoms with Crippen molar-refractivity contribution in [3.8, 4) is 0 Å². The molecule has 27 heavy (non-hydrogen) atoms. The number of aliphatic hydroxyl groups excluding tert-OH is 1. The first-order valence-corrected chi connectivity index (χ1v) is 9.17. The highest BCUT2D eigenvalue weighted by molar-refractivity contribution is 6.31.